The minimum atomic E-state index is 0.334. The topological polar surface area (TPSA) is 43.2 Å². The molecule has 0 spiro atoms. The van der Waals surface area contributed by atoms with Crippen molar-refractivity contribution in [2.45, 2.75) is 50.7 Å². The van der Waals surface area contributed by atoms with Gasteiger partial charge in [0.2, 0.25) is 0 Å². The van der Waals surface area contributed by atoms with E-state index in [-0.39, 0.29) is 0 Å². The Kier molecular flexibility index (Phi) is 4.36. The summed E-state index contributed by atoms with van der Waals surface area (Å²) in [6.45, 7) is 2.22. The lowest BCUT2D eigenvalue weighted by Crippen LogP contribution is -2.32. The van der Waals surface area contributed by atoms with Gasteiger partial charge in [0.05, 0.1) is 12.1 Å². The maximum atomic E-state index is 5.60. The predicted molar refractivity (Wildman–Crippen MR) is 77.3 cm³/mol. The van der Waals surface area contributed by atoms with Gasteiger partial charge in [0.15, 0.2) is 0 Å². The fraction of sp³-hybridized carbons (Fsp3) is 0.867. The van der Waals surface area contributed by atoms with Crippen molar-refractivity contribution in [1.29, 1.82) is 0 Å². The number of ether oxygens (including phenoxy) is 1. The lowest BCUT2D eigenvalue weighted by molar-refractivity contribution is 0.103. The van der Waals surface area contributed by atoms with Crippen LogP contribution in [-0.2, 0) is 11.8 Å². The summed E-state index contributed by atoms with van der Waals surface area (Å²) in [7, 11) is 3.86. The van der Waals surface area contributed by atoms with Gasteiger partial charge in [-0.25, -0.2) is 0 Å². The van der Waals surface area contributed by atoms with Crippen LogP contribution in [0.5, 0.6) is 0 Å². The van der Waals surface area contributed by atoms with E-state index in [4.69, 9.17) is 4.74 Å². The van der Waals surface area contributed by atoms with Gasteiger partial charge in [-0.1, -0.05) is 19.3 Å². The van der Waals surface area contributed by atoms with Crippen LogP contribution in [-0.4, -0.2) is 46.0 Å². The first-order valence-electron chi connectivity index (χ1n) is 7.88. The van der Waals surface area contributed by atoms with Crippen LogP contribution in [0.4, 0.5) is 0 Å². The summed E-state index contributed by atoms with van der Waals surface area (Å²) in [6, 6.07) is 0.370. The van der Waals surface area contributed by atoms with E-state index < -0.39 is 0 Å². The van der Waals surface area contributed by atoms with Gasteiger partial charge in [0.25, 0.3) is 0 Å². The Labute approximate surface area is 121 Å². The van der Waals surface area contributed by atoms with E-state index in [0.29, 0.717) is 12.1 Å². The number of hydrogen-bond donors (Lipinski definition) is 0. The summed E-state index contributed by atoms with van der Waals surface area (Å²) in [5, 5.41) is 8.37. The summed E-state index contributed by atoms with van der Waals surface area (Å²) >= 11 is 0. The first-order chi connectivity index (χ1) is 9.78. The summed E-state index contributed by atoms with van der Waals surface area (Å²) in [6.07, 6.45) is 10.2. The molecule has 1 saturated heterocycles. The Balaban J connectivity index is 1.71. The summed E-state index contributed by atoms with van der Waals surface area (Å²) < 4.78 is 7.65. The number of hydrogen-bond acceptors (Lipinski definition) is 4. The molecule has 1 aromatic rings. The molecule has 2 atom stereocenters. The monoisotopic (exact) mass is 278 g/mol. The van der Waals surface area contributed by atoms with Gasteiger partial charge in [-0.3, -0.25) is 4.90 Å². The Hall–Kier alpha value is -0.940. The molecule has 0 bridgehead atoms. The summed E-state index contributed by atoms with van der Waals surface area (Å²) in [5.74, 6) is 1.94. The highest BCUT2D eigenvalue weighted by Crippen LogP contribution is 2.34. The molecule has 0 aromatic carbocycles. The lowest BCUT2D eigenvalue weighted by Gasteiger charge is -2.30. The molecule has 0 amide bonds. The minimum Gasteiger partial charge on any atom is -0.380 e. The third kappa shape index (κ3) is 2.88. The first-order valence-corrected chi connectivity index (χ1v) is 7.88. The largest absolute Gasteiger partial charge is 0.380 e. The van der Waals surface area contributed by atoms with Crippen LogP contribution in [0.25, 0.3) is 0 Å². The van der Waals surface area contributed by atoms with Crippen LogP contribution < -0.4 is 0 Å². The fourth-order valence-electron chi connectivity index (χ4n) is 3.80. The zero-order chi connectivity index (χ0) is 13.9. The van der Waals surface area contributed by atoms with E-state index in [2.05, 4.69) is 19.7 Å². The highest BCUT2D eigenvalue weighted by molar-refractivity contribution is 5.01. The van der Waals surface area contributed by atoms with Gasteiger partial charge in [-0.15, -0.1) is 10.2 Å². The van der Waals surface area contributed by atoms with E-state index in [0.717, 1.165) is 24.7 Å². The van der Waals surface area contributed by atoms with E-state index in [9.17, 15) is 0 Å². The molecule has 20 heavy (non-hydrogen) atoms. The Bertz CT molecular complexity index is 427. The van der Waals surface area contributed by atoms with Crippen molar-refractivity contribution >= 4 is 0 Å². The predicted octanol–water partition coefficient (Wildman–Crippen LogP) is 2.16. The second-order valence-corrected chi connectivity index (χ2v) is 6.37. The molecule has 1 aliphatic heterocycles. The van der Waals surface area contributed by atoms with Crippen LogP contribution in [0.15, 0.2) is 6.33 Å². The zero-order valence-corrected chi connectivity index (χ0v) is 12.7. The number of aryl methyl sites for hydroxylation is 1. The molecule has 112 valence electrons. The van der Waals surface area contributed by atoms with Crippen LogP contribution in [0, 0.1) is 5.92 Å². The highest BCUT2D eigenvalue weighted by atomic mass is 16.5. The average Bonchev–Trinajstić information content (AvgIpc) is 3.06. The van der Waals surface area contributed by atoms with Crippen molar-refractivity contribution in [3.63, 3.8) is 0 Å². The van der Waals surface area contributed by atoms with Gasteiger partial charge in [0, 0.05) is 27.2 Å². The fourth-order valence-corrected chi connectivity index (χ4v) is 3.80. The molecular weight excluding hydrogens is 252 g/mol. The smallest absolute Gasteiger partial charge is 0.150 e. The molecule has 1 saturated carbocycles. The van der Waals surface area contributed by atoms with Gasteiger partial charge in [0.1, 0.15) is 12.2 Å². The van der Waals surface area contributed by atoms with E-state index in [1.807, 2.05) is 14.2 Å². The van der Waals surface area contributed by atoms with Gasteiger partial charge in [-0.05, 0) is 25.2 Å². The Morgan fingerprint density at radius 1 is 1.30 bits per heavy atom. The van der Waals surface area contributed by atoms with Gasteiger partial charge < -0.3 is 9.30 Å². The van der Waals surface area contributed by atoms with Crippen molar-refractivity contribution in [3.05, 3.63) is 12.2 Å². The molecular formula is C15H26N4O. The average molecular weight is 278 g/mol. The van der Waals surface area contributed by atoms with Crippen molar-refractivity contribution in [2.24, 2.45) is 13.0 Å². The molecule has 5 heteroatoms. The van der Waals surface area contributed by atoms with Crippen LogP contribution >= 0.6 is 0 Å². The molecule has 5 nitrogen and oxygen atoms in total. The van der Waals surface area contributed by atoms with Gasteiger partial charge in [-0.2, -0.15) is 0 Å². The molecule has 1 aliphatic carbocycles. The summed E-state index contributed by atoms with van der Waals surface area (Å²) in [4.78, 5) is 2.58. The van der Waals surface area contributed by atoms with E-state index >= 15 is 0 Å². The van der Waals surface area contributed by atoms with Crippen molar-refractivity contribution in [1.82, 2.24) is 19.7 Å². The quantitative estimate of drug-likeness (QED) is 0.846. The van der Waals surface area contributed by atoms with Gasteiger partial charge >= 0.3 is 0 Å². The second kappa shape index (κ2) is 6.22. The summed E-state index contributed by atoms with van der Waals surface area (Å²) in [5.41, 5.74) is 0. The Morgan fingerprint density at radius 3 is 2.75 bits per heavy atom. The number of rotatable bonds is 4. The van der Waals surface area contributed by atoms with Crippen molar-refractivity contribution in [2.75, 3.05) is 20.2 Å². The minimum absolute atomic E-state index is 0.334. The molecule has 2 fully saturated rings. The van der Waals surface area contributed by atoms with Crippen molar-refractivity contribution in [3.8, 4) is 0 Å². The molecule has 1 aromatic heterocycles. The molecule has 2 heterocycles. The van der Waals surface area contributed by atoms with Crippen LogP contribution in [0.2, 0.25) is 0 Å². The number of likely N-dealkylation sites (tertiary alicyclic amines) is 1. The number of aromatic nitrogens is 3. The maximum Gasteiger partial charge on any atom is 0.150 e. The SMILES string of the molecule is CO[C@@H]1C[C@@H](c2nncn2C)N(CC2CCCCC2)C1. The number of methoxy groups -OCH3 is 1. The number of nitrogens with zero attached hydrogens (tertiary/aromatic N) is 4. The third-order valence-corrected chi connectivity index (χ3v) is 4.96. The molecule has 3 rings (SSSR count). The Morgan fingerprint density at radius 2 is 2.10 bits per heavy atom. The first kappa shape index (κ1) is 14.0. The third-order valence-electron chi connectivity index (χ3n) is 4.96. The van der Waals surface area contributed by atoms with Crippen molar-refractivity contribution < 1.29 is 4.74 Å². The van der Waals surface area contributed by atoms with E-state index in [1.54, 1.807) is 6.33 Å². The second-order valence-electron chi connectivity index (χ2n) is 6.37. The normalized spacial score (nSPS) is 29.1. The zero-order valence-electron chi connectivity index (χ0n) is 12.7. The molecule has 2 aliphatic rings. The molecule has 0 radical (unpaired) electrons. The van der Waals surface area contributed by atoms with Crippen LogP contribution in [0.3, 0.4) is 0 Å². The molecule has 0 unspecified atom stereocenters. The maximum absolute atomic E-state index is 5.60. The molecule has 0 N–H and O–H groups in total. The highest BCUT2D eigenvalue weighted by Gasteiger charge is 2.36. The van der Waals surface area contributed by atoms with E-state index in [1.165, 1.54) is 38.6 Å². The lowest BCUT2D eigenvalue weighted by atomic mass is 9.89. The van der Waals surface area contributed by atoms with Crippen LogP contribution in [0.1, 0.15) is 50.4 Å². The standard InChI is InChI=1S/C15H26N4O/c1-18-11-16-17-15(18)14-8-13(20-2)10-19(14)9-12-6-4-3-5-7-12/h11-14H,3-10H2,1-2H3/t13-,14+/m1/s1.